The molecule has 0 radical (unpaired) electrons. The molecule has 39 heavy (non-hydrogen) atoms. The van der Waals surface area contributed by atoms with E-state index in [0.717, 1.165) is 41.4 Å². The van der Waals surface area contributed by atoms with E-state index >= 15 is 0 Å². The van der Waals surface area contributed by atoms with Crippen molar-refractivity contribution in [3.05, 3.63) is 115 Å². The first-order valence-corrected chi connectivity index (χ1v) is 14.5. The number of aliphatic imine (C=N–C) groups is 1. The van der Waals surface area contributed by atoms with E-state index in [4.69, 9.17) is 9.73 Å². The molecule has 3 unspecified atom stereocenters. The number of hydrogen-bond donors (Lipinski definition) is 1. The molecule has 4 heterocycles. The summed E-state index contributed by atoms with van der Waals surface area (Å²) in [5.74, 6) is 2.62. The third-order valence-corrected chi connectivity index (χ3v) is 9.39. The Bertz CT molecular complexity index is 1420. The summed E-state index contributed by atoms with van der Waals surface area (Å²) >= 11 is 0. The molecule has 3 atom stereocenters. The number of pyridine rings is 1. The van der Waals surface area contributed by atoms with Gasteiger partial charge in [-0.15, -0.1) is 0 Å². The van der Waals surface area contributed by atoms with Gasteiger partial charge in [0.1, 0.15) is 11.8 Å². The number of aromatic nitrogens is 1. The van der Waals surface area contributed by atoms with Gasteiger partial charge in [-0.3, -0.25) is 4.99 Å². The molecule has 0 bridgehead atoms. The Labute approximate surface area is 233 Å². The lowest BCUT2D eigenvalue weighted by atomic mass is 9.77. The van der Waals surface area contributed by atoms with Crippen molar-refractivity contribution in [2.45, 2.75) is 69.7 Å². The molecule has 1 N–H and O–H groups in total. The van der Waals surface area contributed by atoms with Crippen molar-refractivity contribution >= 4 is 17.0 Å². The number of rotatable bonds is 3. The predicted molar refractivity (Wildman–Crippen MR) is 160 cm³/mol. The summed E-state index contributed by atoms with van der Waals surface area (Å²) in [6.45, 7) is 20.3. The number of nitrogens with zero attached hydrogens (tertiary/aromatic N) is 2. The smallest absolute Gasteiger partial charge is 0.222 e. The SMILES string of the molecule is C=CC1=NC2C(=C)[n+]3ccc(C(C)C4CCCCC4)cc3C3=C(CCC2c2ccccc21)CNC(=C)OC3=C. The van der Waals surface area contributed by atoms with E-state index < -0.39 is 0 Å². The van der Waals surface area contributed by atoms with Crippen LogP contribution in [0.4, 0.5) is 0 Å². The largest absolute Gasteiger partial charge is 0.442 e. The molecule has 3 aliphatic heterocycles. The highest BCUT2D eigenvalue weighted by Gasteiger charge is 2.40. The summed E-state index contributed by atoms with van der Waals surface area (Å²) in [6.07, 6.45) is 12.6. The topological polar surface area (TPSA) is 37.5 Å². The third kappa shape index (κ3) is 4.60. The Hall–Kier alpha value is -3.66. The molecule has 2 aromatic rings. The van der Waals surface area contributed by atoms with Crippen molar-refractivity contribution in [3.8, 4) is 0 Å². The molecular weight excluding hydrogens is 478 g/mol. The van der Waals surface area contributed by atoms with Crippen molar-refractivity contribution in [2.75, 3.05) is 6.54 Å². The van der Waals surface area contributed by atoms with E-state index in [1.807, 2.05) is 6.08 Å². The molecule has 6 rings (SSSR count). The minimum Gasteiger partial charge on any atom is -0.442 e. The minimum absolute atomic E-state index is 0.0843. The summed E-state index contributed by atoms with van der Waals surface area (Å²) in [6, 6.07) is 13.2. The molecule has 1 aliphatic carbocycles. The normalized spacial score (nSPS) is 24.2. The van der Waals surface area contributed by atoms with Crippen LogP contribution < -0.4 is 9.88 Å². The second kappa shape index (κ2) is 10.5. The second-order valence-corrected chi connectivity index (χ2v) is 11.6. The van der Waals surface area contributed by atoms with Gasteiger partial charge in [0.2, 0.25) is 11.4 Å². The Morgan fingerprint density at radius 1 is 1.08 bits per heavy atom. The van der Waals surface area contributed by atoms with Gasteiger partial charge in [0, 0.05) is 30.2 Å². The molecule has 1 saturated carbocycles. The van der Waals surface area contributed by atoms with Crippen LogP contribution in [0.1, 0.15) is 86.1 Å². The van der Waals surface area contributed by atoms with Gasteiger partial charge in [0.05, 0.1) is 11.3 Å². The van der Waals surface area contributed by atoms with Gasteiger partial charge < -0.3 is 10.1 Å². The van der Waals surface area contributed by atoms with Crippen molar-refractivity contribution in [1.29, 1.82) is 0 Å². The Morgan fingerprint density at radius 2 is 1.87 bits per heavy atom. The van der Waals surface area contributed by atoms with Crippen LogP contribution in [0.25, 0.3) is 11.3 Å². The highest BCUT2D eigenvalue weighted by atomic mass is 16.5. The zero-order valence-electron chi connectivity index (χ0n) is 23.2. The summed E-state index contributed by atoms with van der Waals surface area (Å²) < 4.78 is 8.34. The molecular formula is C35H40N3O+. The van der Waals surface area contributed by atoms with Crippen LogP contribution >= 0.6 is 0 Å². The second-order valence-electron chi connectivity index (χ2n) is 11.6. The summed E-state index contributed by atoms with van der Waals surface area (Å²) in [5.41, 5.74) is 9.23. The van der Waals surface area contributed by atoms with Crippen LogP contribution in [0.2, 0.25) is 0 Å². The van der Waals surface area contributed by atoms with Gasteiger partial charge in [-0.05, 0) is 73.5 Å². The maximum absolute atomic E-state index is 6.09. The van der Waals surface area contributed by atoms with E-state index in [1.165, 1.54) is 54.4 Å². The minimum atomic E-state index is -0.0843. The fourth-order valence-corrected chi connectivity index (χ4v) is 7.20. The lowest BCUT2D eigenvalue weighted by Crippen LogP contribution is -2.43. The number of fused-ring (bicyclic) bond motifs is 5. The average molecular weight is 519 g/mol. The zero-order chi connectivity index (χ0) is 27.1. The molecule has 1 aromatic carbocycles. The Morgan fingerprint density at radius 3 is 2.67 bits per heavy atom. The van der Waals surface area contributed by atoms with Crippen LogP contribution in [-0.2, 0) is 4.74 Å². The van der Waals surface area contributed by atoms with Gasteiger partial charge in [0.15, 0.2) is 12.1 Å². The molecule has 4 heteroatoms. The number of allylic oxidation sites excluding steroid dienone is 2. The van der Waals surface area contributed by atoms with Crippen molar-refractivity contribution in [2.24, 2.45) is 10.9 Å². The van der Waals surface area contributed by atoms with Crippen molar-refractivity contribution in [3.63, 3.8) is 0 Å². The molecule has 4 aliphatic rings. The van der Waals surface area contributed by atoms with E-state index in [2.05, 4.69) is 85.7 Å². The number of ether oxygens (including phenoxy) is 1. The molecule has 0 spiro atoms. The van der Waals surface area contributed by atoms with E-state index in [1.54, 1.807) is 0 Å². The standard InChI is InChI=1S/C35H40N3O/c1-6-32-30-15-11-10-14-29(30)31-17-16-28-21-36-25(5)39-24(4)34(28)33-20-27(22(2)26-12-8-7-9-13-26)18-19-38(33)23(3)35(31)37-32/h6,10-11,14-15,18-20,22,26,31,35-36H,1,3-5,7-9,12-13,16-17,21H2,2H3/q+1. The quantitative estimate of drug-likeness (QED) is 0.429. The molecule has 4 nitrogen and oxygen atoms in total. The fourth-order valence-electron chi connectivity index (χ4n) is 7.20. The summed E-state index contributed by atoms with van der Waals surface area (Å²) in [4.78, 5) is 5.26. The first kappa shape index (κ1) is 25.6. The maximum atomic E-state index is 6.09. The van der Waals surface area contributed by atoms with Gasteiger partial charge in [-0.1, -0.05) is 63.6 Å². The summed E-state index contributed by atoms with van der Waals surface area (Å²) in [5, 5.41) is 3.37. The van der Waals surface area contributed by atoms with E-state index in [0.29, 0.717) is 24.1 Å². The van der Waals surface area contributed by atoms with Crippen LogP contribution in [0.5, 0.6) is 0 Å². The van der Waals surface area contributed by atoms with Crippen LogP contribution in [0.15, 0.2) is 97.2 Å². The third-order valence-electron chi connectivity index (χ3n) is 9.39. The molecule has 200 valence electrons. The highest BCUT2D eigenvalue weighted by Crippen LogP contribution is 2.42. The maximum Gasteiger partial charge on any atom is 0.222 e. The lowest BCUT2D eigenvalue weighted by molar-refractivity contribution is -0.586. The van der Waals surface area contributed by atoms with E-state index in [-0.39, 0.29) is 12.0 Å². The Balaban J connectivity index is 1.52. The van der Waals surface area contributed by atoms with Gasteiger partial charge in [0.25, 0.3) is 0 Å². The molecule has 0 amide bonds. The zero-order valence-corrected chi connectivity index (χ0v) is 23.2. The molecule has 1 fully saturated rings. The number of benzene rings is 1. The van der Waals surface area contributed by atoms with Crippen molar-refractivity contribution in [1.82, 2.24) is 5.32 Å². The first-order valence-electron chi connectivity index (χ1n) is 14.5. The Kier molecular flexibility index (Phi) is 6.88. The van der Waals surface area contributed by atoms with Gasteiger partial charge >= 0.3 is 0 Å². The molecule has 1 aromatic heterocycles. The van der Waals surface area contributed by atoms with Crippen molar-refractivity contribution < 1.29 is 9.30 Å². The molecule has 0 saturated heterocycles. The van der Waals surface area contributed by atoms with Gasteiger partial charge in [-0.25, -0.2) is 0 Å². The first-order chi connectivity index (χ1) is 19.0. The summed E-state index contributed by atoms with van der Waals surface area (Å²) in [7, 11) is 0. The van der Waals surface area contributed by atoms with Crippen LogP contribution in [0, 0.1) is 5.92 Å². The average Bonchev–Trinajstić information content (AvgIpc) is 3.08. The number of nitrogens with one attached hydrogen (secondary N) is 1. The van der Waals surface area contributed by atoms with Crippen LogP contribution in [-0.4, -0.2) is 18.3 Å². The van der Waals surface area contributed by atoms with E-state index in [9.17, 15) is 0 Å². The lowest BCUT2D eigenvalue weighted by Gasteiger charge is -2.30. The fraction of sp³-hybridized carbons (Fsp3) is 0.371. The number of hydrogen-bond acceptors (Lipinski definition) is 3. The van der Waals surface area contributed by atoms with Gasteiger partial charge in [-0.2, -0.15) is 4.57 Å². The highest BCUT2D eigenvalue weighted by molar-refractivity contribution is 6.10. The monoisotopic (exact) mass is 518 g/mol. The predicted octanol–water partition coefficient (Wildman–Crippen LogP) is 7.42. The van der Waals surface area contributed by atoms with Crippen LogP contribution in [0.3, 0.4) is 0 Å².